The van der Waals surface area contributed by atoms with Crippen molar-refractivity contribution in [1.29, 1.82) is 0 Å². The molecule has 8 nitrogen and oxygen atoms in total. The molecule has 9 heteroatoms. The number of benzene rings is 1. The Labute approximate surface area is 116 Å². The van der Waals surface area contributed by atoms with Gasteiger partial charge in [-0.1, -0.05) is 11.6 Å². The SMILES string of the molecule is O=C(O)c1ccc(Cl)cc1Oc1cncc2nnnn12. The molecular formula is C11H6ClN5O3. The van der Waals surface area contributed by atoms with Crippen molar-refractivity contribution in [3.63, 3.8) is 0 Å². The molecule has 3 rings (SSSR count). The topological polar surface area (TPSA) is 102 Å². The zero-order valence-corrected chi connectivity index (χ0v) is 10.5. The molecule has 0 aliphatic carbocycles. The average Bonchev–Trinajstić information content (AvgIpc) is 2.88. The number of ether oxygens (including phenoxy) is 1. The molecule has 0 atom stereocenters. The van der Waals surface area contributed by atoms with Gasteiger partial charge < -0.3 is 9.84 Å². The van der Waals surface area contributed by atoms with Crippen LogP contribution >= 0.6 is 11.6 Å². The first-order valence-corrected chi connectivity index (χ1v) is 5.76. The van der Waals surface area contributed by atoms with Crippen LogP contribution in [0.5, 0.6) is 11.6 Å². The summed E-state index contributed by atoms with van der Waals surface area (Å²) in [5.41, 5.74) is 0.348. The molecule has 1 aromatic carbocycles. The highest BCUT2D eigenvalue weighted by Crippen LogP contribution is 2.28. The average molecular weight is 292 g/mol. The summed E-state index contributed by atoms with van der Waals surface area (Å²) in [5.74, 6) is -0.874. The van der Waals surface area contributed by atoms with Gasteiger partial charge in [-0.15, -0.1) is 5.10 Å². The van der Waals surface area contributed by atoms with E-state index in [1.807, 2.05) is 0 Å². The first kappa shape index (κ1) is 12.3. The molecule has 0 amide bonds. The van der Waals surface area contributed by atoms with E-state index in [0.29, 0.717) is 10.7 Å². The molecule has 0 bridgehead atoms. The van der Waals surface area contributed by atoms with Gasteiger partial charge in [-0.2, -0.15) is 4.52 Å². The highest BCUT2D eigenvalue weighted by Gasteiger charge is 2.14. The number of hydrogen-bond acceptors (Lipinski definition) is 6. The zero-order valence-electron chi connectivity index (χ0n) is 9.76. The fourth-order valence-electron chi connectivity index (χ4n) is 1.59. The molecular weight excluding hydrogens is 286 g/mol. The lowest BCUT2D eigenvalue weighted by Gasteiger charge is -2.09. The number of aromatic nitrogens is 5. The van der Waals surface area contributed by atoms with E-state index in [9.17, 15) is 4.79 Å². The van der Waals surface area contributed by atoms with Gasteiger partial charge in [0.1, 0.15) is 11.3 Å². The second-order valence-electron chi connectivity index (χ2n) is 3.74. The number of nitrogens with zero attached hydrogens (tertiary/aromatic N) is 5. The molecule has 0 saturated heterocycles. The standard InChI is InChI=1S/C11H6ClN5O3/c12-6-1-2-7(11(18)19)8(3-6)20-10-5-13-4-9-14-15-16-17(9)10/h1-5H,(H,18,19). The van der Waals surface area contributed by atoms with Crippen molar-refractivity contribution in [2.24, 2.45) is 0 Å². The summed E-state index contributed by atoms with van der Waals surface area (Å²) in [6.07, 6.45) is 2.82. The molecule has 2 aromatic heterocycles. The van der Waals surface area contributed by atoms with Gasteiger partial charge in [0.15, 0.2) is 0 Å². The molecule has 20 heavy (non-hydrogen) atoms. The molecule has 100 valence electrons. The highest BCUT2D eigenvalue weighted by atomic mass is 35.5. The summed E-state index contributed by atoms with van der Waals surface area (Å²) in [4.78, 5) is 15.1. The molecule has 0 aliphatic rings. The van der Waals surface area contributed by atoms with E-state index in [1.54, 1.807) is 0 Å². The summed E-state index contributed by atoms with van der Waals surface area (Å²) in [7, 11) is 0. The Kier molecular flexibility index (Phi) is 2.92. The maximum Gasteiger partial charge on any atom is 0.339 e. The molecule has 3 aromatic rings. The molecule has 0 radical (unpaired) electrons. The minimum Gasteiger partial charge on any atom is -0.478 e. The quantitative estimate of drug-likeness (QED) is 0.782. The number of carboxylic acid groups (broad SMARTS) is 1. The normalized spacial score (nSPS) is 10.7. The van der Waals surface area contributed by atoms with Gasteiger partial charge in [-0.25, -0.2) is 4.79 Å². The number of carboxylic acids is 1. The van der Waals surface area contributed by atoms with Crippen LogP contribution in [-0.4, -0.2) is 36.1 Å². The highest BCUT2D eigenvalue weighted by molar-refractivity contribution is 6.30. The summed E-state index contributed by atoms with van der Waals surface area (Å²) in [6.45, 7) is 0. The van der Waals surface area contributed by atoms with Gasteiger partial charge in [-0.3, -0.25) is 4.98 Å². The lowest BCUT2D eigenvalue weighted by Crippen LogP contribution is -2.02. The van der Waals surface area contributed by atoms with Crippen molar-refractivity contribution in [3.8, 4) is 11.6 Å². The monoisotopic (exact) mass is 291 g/mol. The van der Waals surface area contributed by atoms with E-state index in [0.717, 1.165) is 0 Å². The molecule has 0 aliphatic heterocycles. The van der Waals surface area contributed by atoms with Crippen LogP contribution in [-0.2, 0) is 0 Å². The predicted molar refractivity (Wildman–Crippen MR) is 67.1 cm³/mol. The molecule has 0 unspecified atom stereocenters. The smallest absolute Gasteiger partial charge is 0.339 e. The largest absolute Gasteiger partial charge is 0.478 e. The van der Waals surface area contributed by atoms with Crippen LogP contribution in [0.1, 0.15) is 10.4 Å². The van der Waals surface area contributed by atoms with Gasteiger partial charge >= 0.3 is 5.97 Å². The number of carbonyl (C=O) groups is 1. The van der Waals surface area contributed by atoms with Gasteiger partial charge in [0.05, 0.1) is 12.4 Å². The van der Waals surface area contributed by atoms with Crippen molar-refractivity contribution in [2.75, 3.05) is 0 Å². The number of tetrazole rings is 1. The van der Waals surface area contributed by atoms with Crippen molar-refractivity contribution in [2.45, 2.75) is 0 Å². The van der Waals surface area contributed by atoms with E-state index < -0.39 is 5.97 Å². The summed E-state index contributed by atoms with van der Waals surface area (Å²) in [5, 5.41) is 20.4. The van der Waals surface area contributed by atoms with E-state index in [2.05, 4.69) is 20.5 Å². The Morgan fingerprint density at radius 1 is 1.35 bits per heavy atom. The third-order valence-corrected chi connectivity index (χ3v) is 2.70. The predicted octanol–water partition coefficient (Wildman–Crippen LogP) is 1.66. The maximum absolute atomic E-state index is 11.2. The Balaban J connectivity index is 2.09. The minimum atomic E-state index is -1.13. The summed E-state index contributed by atoms with van der Waals surface area (Å²) >= 11 is 5.85. The van der Waals surface area contributed by atoms with Crippen molar-refractivity contribution in [3.05, 3.63) is 41.2 Å². The van der Waals surface area contributed by atoms with Gasteiger partial charge in [-0.05, 0) is 22.6 Å². The van der Waals surface area contributed by atoms with Crippen LogP contribution < -0.4 is 4.74 Å². The second kappa shape index (κ2) is 4.74. The third-order valence-electron chi connectivity index (χ3n) is 2.47. The van der Waals surface area contributed by atoms with Crippen LogP contribution in [0.2, 0.25) is 5.02 Å². The lowest BCUT2D eigenvalue weighted by atomic mass is 10.2. The van der Waals surface area contributed by atoms with Crippen molar-refractivity contribution in [1.82, 2.24) is 25.0 Å². The van der Waals surface area contributed by atoms with Crippen LogP contribution in [0.25, 0.3) is 5.65 Å². The maximum atomic E-state index is 11.2. The van der Waals surface area contributed by atoms with Crippen LogP contribution in [0, 0.1) is 0 Å². The van der Waals surface area contributed by atoms with E-state index >= 15 is 0 Å². The molecule has 2 heterocycles. The first-order valence-electron chi connectivity index (χ1n) is 5.38. The van der Waals surface area contributed by atoms with Gasteiger partial charge in [0.2, 0.25) is 11.5 Å². The van der Waals surface area contributed by atoms with Crippen molar-refractivity contribution >= 4 is 23.2 Å². The number of hydrogen-bond donors (Lipinski definition) is 1. The molecule has 0 fully saturated rings. The number of fused-ring (bicyclic) bond motifs is 1. The van der Waals surface area contributed by atoms with Crippen LogP contribution in [0.15, 0.2) is 30.6 Å². The molecule has 0 spiro atoms. The molecule has 0 saturated carbocycles. The minimum absolute atomic E-state index is 0.0283. The Morgan fingerprint density at radius 3 is 3.00 bits per heavy atom. The van der Waals surface area contributed by atoms with E-state index in [4.69, 9.17) is 21.4 Å². The Morgan fingerprint density at radius 2 is 2.20 bits per heavy atom. The summed E-state index contributed by atoms with van der Waals surface area (Å²) < 4.78 is 6.81. The molecule has 1 N–H and O–H groups in total. The first-order chi connectivity index (χ1) is 9.65. The fraction of sp³-hybridized carbons (Fsp3) is 0. The van der Waals surface area contributed by atoms with Gasteiger partial charge in [0.25, 0.3) is 0 Å². The van der Waals surface area contributed by atoms with Crippen LogP contribution in [0.4, 0.5) is 0 Å². The number of rotatable bonds is 3. The Hall–Kier alpha value is -2.74. The fourth-order valence-corrected chi connectivity index (χ4v) is 1.76. The lowest BCUT2D eigenvalue weighted by molar-refractivity contribution is 0.0694. The summed E-state index contributed by atoms with van der Waals surface area (Å²) in [6, 6.07) is 4.22. The van der Waals surface area contributed by atoms with Gasteiger partial charge in [0, 0.05) is 11.1 Å². The Bertz CT molecular complexity index is 804. The number of aromatic carboxylic acids is 1. The second-order valence-corrected chi connectivity index (χ2v) is 4.18. The van der Waals surface area contributed by atoms with E-state index in [1.165, 1.54) is 35.1 Å². The van der Waals surface area contributed by atoms with E-state index in [-0.39, 0.29) is 17.2 Å². The van der Waals surface area contributed by atoms with Crippen molar-refractivity contribution < 1.29 is 14.6 Å². The zero-order chi connectivity index (χ0) is 14.1. The number of halogens is 1. The third kappa shape index (κ3) is 2.12. The van der Waals surface area contributed by atoms with Crippen LogP contribution in [0.3, 0.4) is 0 Å².